The molecule has 3 aromatic rings. The van der Waals surface area contributed by atoms with Crippen LogP contribution in [0.25, 0.3) is 10.8 Å². The number of carbonyl (C=O) groups excluding carboxylic acids is 2. The van der Waals surface area contributed by atoms with E-state index in [2.05, 4.69) is 4.99 Å². The number of hydrogen-bond donors (Lipinski definition) is 1. The number of aryl methyl sites for hydroxylation is 1. The summed E-state index contributed by atoms with van der Waals surface area (Å²) < 4.78 is 5.25. The van der Waals surface area contributed by atoms with E-state index >= 15 is 0 Å². The number of aliphatic imine (C=N–C) groups is 1. The molecule has 1 amide bonds. The molecule has 0 aromatic heterocycles. The molecule has 156 valence electrons. The Morgan fingerprint density at radius 3 is 2.45 bits per heavy atom. The van der Waals surface area contributed by atoms with E-state index in [-0.39, 0.29) is 17.0 Å². The van der Waals surface area contributed by atoms with E-state index in [0.717, 1.165) is 27.6 Å². The molecule has 0 bridgehead atoms. The van der Waals surface area contributed by atoms with Crippen molar-refractivity contribution in [3.63, 3.8) is 0 Å². The lowest BCUT2D eigenvalue weighted by atomic mass is 9.90. The van der Waals surface area contributed by atoms with Crippen LogP contribution in [0.15, 0.2) is 83.1 Å². The van der Waals surface area contributed by atoms with Gasteiger partial charge < -0.3 is 9.84 Å². The molecule has 0 fully saturated rings. The van der Waals surface area contributed by atoms with Crippen LogP contribution in [-0.4, -0.2) is 29.6 Å². The zero-order chi connectivity index (χ0) is 22.0. The number of fused-ring (bicyclic) bond motifs is 1. The second kappa shape index (κ2) is 8.56. The van der Waals surface area contributed by atoms with Crippen LogP contribution in [0.1, 0.15) is 30.4 Å². The van der Waals surface area contributed by atoms with Crippen molar-refractivity contribution >= 4 is 28.2 Å². The SMILES string of the molecule is COc1ccc2cc([C@@H](C)C(=O)C3=C(O)C(CCc4ccccc4)=NC3=O)ccc2c1. The minimum atomic E-state index is -0.664. The summed E-state index contributed by atoms with van der Waals surface area (Å²) >= 11 is 0. The van der Waals surface area contributed by atoms with E-state index < -0.39 is 17.6 Å². The fourth-order valence-corrected chi connectivity index (χ4v) is 3.79. The zero-order valence-electron chi connectivity index (χ0n) is 17.5. The van der Waals surface area contributed by atoms with Crippen molar-refractivity contribution < 1.29 is 19.4 Å². The molecule has 31 heavy (non-hydrogen) atoms. The van der Waals surface area contributed by atoms with Crippen LogP contribution in [-0.2, 0) is 16.0 Å². The summed E-state index contributed by atoms with van der Waals surface area (Å²) in [6.45, 7) is 1.74. The van der Waals surface area contributed by atoms with Gasteiger partial charge in [0, 0.05) is 5.92 Å². The molecule has 0 aliphatic carbocycles. The summed E-state index contributed by atoms with van der Waals surface area (Å²) in [7, 11) is 1.62. The Bertz CT molecular complexity index is 1220. The van der Waals surface area contributed by atoms with Gasteiger partial charge >= 0.3 is 0 Å². The van der Waals surface area contributed by atoms with E-state index in [1.54, 1.807) is 14.0 Å². The first kappa shape index (κ1) is 20.5. The number of Topliss-reactive ketones (excluding diaryl/α,β-unsaturated/α-hetero) is 1. The second-order valence-corrected chi connectivity index (χ2v) is 7.63. The minimum absolute atomic E-state index is 0.217. The Morgan fingerprint density at radius 1 is 1.00 bits per heavy atom. The molecule has 0 saturated heterocycles. The lowest BCUT2D eigenvalue weighted by molar-refractivity contribution is -0.121. The van der Waals surface area contributed by atoms with Gasteiger partial charge in [-0.15, -0.1) is 0 Å². The standard InChI is InChI=1S/C26H23NO4/c1-16(18-9-10-20-15-21(31-2)12-11-19(20)14-18)24(28)23-25(29)22(27-26(23)30)13-8-17-6-4-3-5-7-17/h3-7,9-12,14-16,29H,8,13H2,1-2H3/t16-/m1/s1. The van der Waals surface area contributed by atoms with Crippen LogP contribution in [0.2, 0.25) is 0 Å². The van der Waals surface area contributed by atoms with Gasteiger partial charge in [0.2, 0.25) is 0 Å². The highest BCUT2D eigenvalue weighted by Crippen LogP contribution is 2.29. The first-order valence-electron chi connectivity index (χ1n) is 10.2. The Balaban J connectivity index is 1.54. The summed E-state index contributed by atoms with van der Waals surface area (Å²) in [5, 5.41) is 12.5. The van der Waals surface area contributed by atoms with Crippen molar-refractivity contribution in [3.8, 4) is 5.75 Å². The highest BCUT2D eigenvalue weighted by Gasteiger charge is 2.34. The highest BCUT2D eigenvalue weighted by atomic mass is 16.5. The van der Waals surface area contributed by atoms with Crippen molar-refractivity contribution in [3.05, 3.63) is 89.2 Å². The van der Waals surface area contributed by atoms with Gasteiger partial charge in [-0.2, -0.15) is 0 Å². The highest BCUT2D eigenvalue weighted by molar-refractivity contribution is 6.32. The monoisotopic (exact) mass is 413 g/mol. The maximum absolute atomic E-state index is 13.1. The number of allylic oxidation sites excluding steroid dienone is 1. The molecular weight excluding hydrogens is 390 g/mol. The third-order valence-electron chi connectivity index (χ3n) is 5.66. The Hall–Kier alpha value is -3.73. The lowest BCUT2D eigenvalue weighted by Gasteiger charge is -2.12. The van der Waals surface area contributed by atoms with Crippen LogP contribution >= 0.6 is 0 Å². The summed E-state index contributed by atoms with van der Waals surface area (Å²) in [6.07, 6.45) is 1.02. The van der Waals surface area contributed by atoms with Crippen molar-refractivity contribution in [1.82, 2.24) is 0 Å². The topological polar surface area (TPSA) is 76.0 Å². The van der Waals surface area contributed by atoms with Crippen LogP contribution in [0.4, 0.5) is 0 Å². The van der Waals surface area contributed by atoms with E-state index in [4.69, 9.17) is 4.74 Å². The largest absolute Gasteiger partial charge is 0.505 e. The molecule has 1 aliphatic heterocycles. The normalized spacial score (nSPS) is 14.6. The molecule has 0 spiro atoms. The predicted molar refractivity (Wildman–Crippen MR) is 121 cm³/mol. The fourth-order valence-electron chi connectivity index (χ4n) is 3.79. The number of carbonyl (C=O) groups is 2. The fraction of sp³-hybridized carbons (Fsp3) is 0.192. The molecule has 5 nitrogen and oxygen atoms in total. The summed E-state index contributed by atoms with van der Waals surface area (Å²) in [5.74, 6) is -1.20. The Kier molecular flexibility index (Phi) is 5.67. The Morgan fingerprint density at radius 2 is 1.71 bits per heavy atom. The Labute approximate surface area is 180 Å². The number of ether oxygens (including phenoxy) is 1. The van der Waals surface area contributed by atoms with E-state index in [1.807, 2.05) is 66.7 Å². The molecular formula is C26H23NO4. The molecule has 4 rings (SSSR count). The number of methoxy groups -OCH3 is 1. The third-order valence-corrected chi connectivity index (χ3v) is 5.66. The average Bonchev–Trinajstić information content (AvgIpc) is 3.09. The van der Waals surface area contributed by atoms with Gasteiger partial charge in [0.1, 0.15) is 11.3 Å². The van der Waals surface area contributed by atoms with Gasteiger partial charge in [-0.3, -0.25) is 9.59 Å². The summed E-state index contributed by atoms with van der Waals surface area (Å²) in [6, 6.07) is 21.2. The maximum atomic E-state index is 13.1. The first-order chi connectivity index (χ1) is 15.0. The number of aliphatic hydroxyl groups excluding tert-OH is 1. The summed E-state index contributed by atoms with van der Waals surface area (Å²) in [5.41, 5.74) is 1.90. The van der Waals surface area contributed by atoms with Gasteiger partial charge in [0.25, 0.3) is 5.91 Å². The molecule has 5 heteroatoms. The van der Waals surface area contributed by atoms with E-state index in [9.17, 15) is 14.7 Å². The quantitative estimate of drug-likeness (QED) is 0.556. The van der Waals surface area contributed by atoms with Crippen molar-refractivity contribution in [2.45, 2.75) is 25.7 Å². The van der Waals surface area contributed by atoms with Crippen LogP contribution in [0, 0.1) is 0 Å². The number of ketones is 1. The second-order valence-electron chi connectivity index (χ2n) is 7.63. The van der Waals surface area contributed by atoms with Gasteiger partial charge in [0.05, 0.1) is 12.8 Å². The number of benzene rings is 3. The van der Waals surface area contributed by atoms with Crippen LogP contribution < -0.4 is 4.74 Å². The summed E-state index contributed by atoms with van der Waals surface area (Å²) in [4.78, 5) is 29.5. The number of hydrogen-bond acceptors (Lipinski definition) is 4. The smallest absolute Gasteiger partial charge is 0.284 e. The average molecular weight is 413 g/mol. The van der Waals surface area contributed by atoms with Crippen molar-refractivity contribution in [1.29, 1.82) is 0 Å². The van der Waals surface area contributed by atoms with Crippen molar-refractivity contribution in [2.24, 2.45) is 4.99 Å². The molecule has 1 atom stereocenters. The third kappa shape index (κ3) is 4.12. The number of amides is 1. The van der Waals surface area contributed by atoms with Gasteiger partial charge in [0.15, 0.2) is 11.5 Å². The first-order valence-corrected chi connectivity index (χ1v) is 10.2. The molecule has 0 radical (unpaired) electrons. The zero-order valence-corrected chi connectivity index (χ0v) is 17.5. The molecule has 3 aromatic carbocycles. The van der Waals surface area contributed by atoms with Gasteiger partial charge in [-0.25, -0.2) is 4.99 Å². The predicted octanol–water partition coefficient (Wildman–Crippen LogP) is 4.95. The minimum Gasteiger partial charge on any atom is -0.505 e. The van der Waals surface area contributed by atoms with Crippen molar-refractivity contribution in [2.75, 3.05) is 7.11 Å². The van der Waals surface area contributed by atoms with Crippen LogP contribution in [0.3, 0.4) is 0 Å². The van der Waals surface area contributed by atoms with Gasteiger partial charge in [-0.1, -0.05) is 61.5 Å². The molecule has 1 aliphatic rings. The van der Waals surface area contributed by atoms with Gasteiger partial charge in [-0.05, 0) is 46.9 Å². The number of aliphatic hydroxyl groups is 1. The molecule has 0 unspecified atom stereocenters. The number of nitrogens with zero attached hydrogens (tertiary/aromatic N) is 1. The molecule has 1 N–H and O–H groups in total. The van der Waals surface area contributed by atoms with E-state index in [0.29, 0.717) is 12.8 Å². The molecule has 1 heterocycles. The van der Waals surface area contributed by atoms with Crippen LogP contribution in [0.5, 0.6) is 5.75 Å². The maximum Gasteiger partial charge on any atom is 0.284 e. The molecule has 0 saturated carbocycles. The lowest BCUT2D eigenvalue weighted by Crippen LogP contribution is -2.17. The number of rotatable bonds is 7. The van der Waals surface area contributed by atoms with E-state index in [1.165, 1.54) is 0 Å².